The number of anilines is 2. The van der Waals surface area contributed by atoms with Crippen LogP contribution in [0.1, 0.15) is 27.2 Å². The molecule has 0 atom stereocenters. The molecule has 0 aliphatic carbocycles. The predicted octanol–water partition coefficient (Wildman–Crippen LogP) is 3.84. The maximum Gasteiger partial charge on any atom is 0.410 e. The molecule has 0 heterocycles. The molecule has 0 fully saturated rings. The molecule has 0 spiro atoms. The Kier molecular flexibility index (Phi) is 6.47. The van der Waals surface area contributed by atoms with E-state index in [1.54, 1.807) is 13.1 Å². The van der Waals surface area contributed by atoms with Gasteiger partial charge in [0.2, 0.25) is 0 Å². The zero-order valence-corrected chi connectivity index (χ0v) is 15.0. The number of nitrogens with zero attached hydrogens (tertiary/aromatic N) is 1. The van der Waals surface area contributed by atoms with Gasteiger partial charge in [0.15, 0.2) is 0 Å². The molecular formula is C15H23BrFN3O2. The number of carbonyl (C=O) groups is 1. The molecule has 1 aromatic rings. The molecular weight excluding hydrogens is 353 g/mol. The molecule has 0 bridgehead atoms. The van der Waals surface area contributed by atoms with Gasteiger partial charge in [-0.1, -0.05) is 0 Å². The summed E-state index contributed by atoms with van der Waals surface area (Å²) in [5.74, 6) is -0.462. The van der Waals surface area contributed by atoms with Crippen LogP contribution in [0, 0.1) is 5.82 Å². The molecule has 1 amide bonds. The average molecular weight is 376 g/mol. The van der Waals surface area contributed by atoms with Crippen molar-refractivity contribution in [3.8, 4) is 0 Å². The summed E-state index contributed by atoms with van der Waals surface area (Å²) in [5.41, 5.74) is 5.79. The van der Waals surface area contributed by atoms with Crippen LogP contribution in [0.3, 0.4) is 0 Å². The minimum absolute atomic E-state index is 0.0786. The minimum Gasteiger partial charge on any atom is -0.444 e. The Morgan fingerprint density at radius 2 is 2.09 bits per heavy atom. The van der Waals surface area contributed by atoms with Crippen molar-refractivity contribution in [3.63, 3.8) is 0 Å². The van der Waals surface area contributed by atoms with E-state index in [0.29, 0.717) is 29.7 Å². The highest BCUT2D eigenvalue weighted by Gasteiger charge is 2.19. The second-order valence-corrected chi connectivity index (χ2v) is 6.85. The monoisotopic (exact) mass is 375 g/mol. The van der Waals surface area contributed by atoms with Gasteiger partial charge in [0.1, 0.15) is 11.4 Å². The summed E-state index contributed by atoms with van der Waals surface area (Å²) in [5, 5.41) is 3.07. The fraction of sp³-hybridized carbons (Fsp3) is 0.533. The molecule has 0 unspecified atom stereocenters. The number of hydrogen-bond donors (Lipinski definition) is 2. The van der Waals surface area contributed by atoms with Crippen LogP contribution >= 0.6 is 15.9 Å². The van der Waals surface area contributed by atoms with Crippen LogP contribution in [-0.2, 0) is 4.74 Å². The first kappa shape index (κ1) is 18.5. The van der Waals surface area contributed by atoms with E-state index in [9.17, 15) is 9.18 Å². The third kappa shape index (κ3) is 5.71. The largest absolute Gasteiger partial charge is 0.444 e. The van der Waals surface area contributed by atoms with Gasteiger partial charge in [-0.25, -0.2) is 9.18 Å². The van der Waals surface area contributed by atoms with Gasteiger partial charge in [-0.3, -0.25) is 0 Å². The van der Waals surface area contributed by atoms with Gasteiger partial charge < -0.3 is 20.7 Å². The second-order valence-electron chi connectivity index (χ2n) is 6.00. The van der Waals surface area contributed by atoms with Crippen molar-refractivity contribution in [2.24, 2.45) is 0 Å². The summed E-state index contributed by atoms with van der Waals surface area (Å²) in [7, 11) is 1.68. The summed E-state index contributed by atoms with van der Waals surface area (Å²) in [4.78, 5) is 13.3. The fourth-order valence-electron chi connectivity index (χ4n) is 1.71. The van der Waals surface area contributed by atoms with Crippen molar-refractivity contribution in [1.82, 2.24) is 4.90 Å². The van der Waals surface area contributed by atoms with E-state index in [-0.39, 0.29) is 11.8 Å². The number of nitrogens with one attached hydrogen (secondary N) is 1. The first-order valence-corrected chi connectivity index (χ1v) is 7.82. The Morgan fingerprint density at radius 1 is 1.45 bits per heavy atom. The molecule has 7 heteroatoms. The highest BCUT2D eigenvalue weighted by molar-refractivity contribution is 9.10. The number of carbonyl (C=O) groups excluding carboxylic acids is 1. The van der Waals surface area contributed by atoms with Gasteiger partial charge in [-0.05, 0) is 55.3 Å². The third-order valence-corrected chi connectivity index (χ3v) is 3.48. The average Bonchev–Trinajstić information content (AvgIpc) is 2.40. The number of nitrogens with two attached hydrogens (primary N) is 1. The Morgan fingerprint density at radius 3 is 2.68 bits per heavy atom. The van der Waals surface area contributed by atoms with Gasteiger partial charge >= 0.3 is 6.09 Å². The summed E-state index contributed by atoms with van der Waals surface area (Å²) < 4.78 is 19.4. The molecule has 22 heavy (non-hydrogen) atoms. The Labute approximate surface area is 139 Å². The second kappa shape index (κ2) is 7.67. The van der Waals surface area contributed by atoms with E-state index in [2.05, 4.69) is 21.2 Å². The van der Waals surface area contributed by atoms with Crippen LogP contribution in [0.25, 0.3) is 0 Å². The molecule has 0 aliphatic rings. The lowest BCUT2D eigenvalue weighted by Crippen LogP contribution is -2.35. The smallest absolute Gasteiger partial charge is 0.410 e. The van der Waals surface area contributed by atoms with Crippen molar-refractivity contribution in [2.45, 2.75) is 32.8 Å². The minimum atomic E-state index is -0.509. The number of hydrogen-bond acceptors (Lipinski definition) is 4. The molecule has 0 aliphatic heterocycles. The molecule has 0 saturated heterocycles. The highest BCUT2D eigenvalue weighted by atomic mass is 79.9. The molecule has 0 aromatic heterocycles. The van der Waals surface area contributed by atoms with E-state index < -0.39 is 11.4 Å². The van der Waals surface area contributed by atoms with E-state index in [4.69, 9.17) is 10.5 Å². The molecule has 5 nitrogen and oxygen atoms in total. The molecule has 124 valence electrons. The van der Waals surface area contributed by atoms with Gasteiger partial charge in [-0.15, -0.1) is 0 Å². The highest BCUT2D eigenvalue weighted by Crippen LogP contribution is 2.30. The van der Waals surface area contributed by atoms with Crippen molar-refractivity contribution in [2.75, 3.05) is 31.2 Å². The number of amides is 1. The quantitative estimate of drug-likeness (QED) is 0.605. The van der Waals surface area contributed by atoms with E-state index in [1.165, 1.54) is 11.0 Å². The van der Waals surface area contributed by atoms with Crippen molar-refractivity contribution < 1.29 is 13.9 Å². The first-order chi connectivity index (χ1) is 10.1. The maximum atomic E-state index is 13.4. The van der Waals surface area contributed by atoms with Crippen molar-refractivity contribution >= 4 is 33.4 Å². The van der Waals surface area contributed by atoms with Gasteiger partial charge in [0.25, 0.3) is 0 Å². The van der Waals surface area contributed by atoms with Crippen LogP contribution in [0.2, 0.25) is 0 Å². The Balaban J connectivity index is 2.43. The Hall–Kier alpha value is -1.50. The van der Waals surface area contributed by atoms with Crippen LogP contribution in [0.5, 0.6) is 0 Å². The summed E-state index contributed by atoms with van der Waals surface area (Å²) >= 11 is 3.32. The lowest BCUT2D eigenvalue weighted by Gasteiger charge is -2.24. The van der Waals surface area contributed by atoms with E-state index >= 15 is 0 Å². The lowest BCUT2D eigenvalue weighted by atomic mass is 10.2. The number of benzene rings is 1. The standard InChI is InChI=1S/C15H23BrFN3O2/c1-15(2,3)22-14(21)20(4)9-5-8-19-13-10(16)6-7-11(17)12(13)18/h6-7,19H,5,8-9,18H2,1-4H3. The summed E-state index contributed by atoms with van der Waals surface area (Å²) in [6, 6.07) is 2.90. The molecule has 0 radical (unpaired) electrons. The third-order valence-electron chi connectivity index (χ3n) is 2.82. The van der Waals surface area contributed by atoms with Crippen molar-refractivity contribution in [1.29, 1.82) is 0 Å². The normalized spacial score (nSPS) is 11.2. The van der Waals surface area contributed by atoms with Crippen molar-refractivity contribution in [3.05, 3.63) is 22.4 Å². The zero-order chi connectivity index (χ0) is 16.9. The number of ether oxygens (including phenoxy) is 1. The molecule has 1 aromatic carbocycles. The molecule has 0 saturated carbocycles. The maximum absolute atomic E-state index is 13.4. The lowest BCUT2D eigenvalue weighted by molar-refractivity contribution is 0.0298. The zero-order valence-electron chi connectivity index (χ0n) is 13.4. The van der Waals surface area contributed by atoms with Crippen LogP contribution in [0.15, 0.2) is 16.6 Å². The topological polar surface area (TPSA) is 67.6 Å². The Bertz CT molecular complexity index is 532. The predicted molar refractivity (Wildman–Crippen MR) is 90.5 cm³/mol. The fourth-order valence-corrected chi connectivity index (χ4v) is 2.19. The van der Waals surface area contributed by atoms with Crippen LogP contribution in [0.4, 0.5) is 20.6 Å². The number of rotatable bonds is 5. The first-order valence-electron chi connectivity index (χ1n) is 7.03. The van der Waals surface area contributed by atoms with Gasteiger partial charge in [0, 0.05) is 24.6 Å². The van der Waals surface area contributed by atoms with E-state index in [0.717, 1.165) is 0 Å². The number of halogens is 2. The molecule has 1 rings (SSSR count). The SMILES string of the molecule is CN(CCCNc1c(Br)ccc(F)c1N)C(=O)OC(C)(C)C. The van der Waals surface area contributed by atoms with Crippen LogP contribution in [-0.4, -0.2) is 36.7 Å². The van der Waals surface area contributed by atoms with E-state index in [1.807, 2.05) is 20.8 Å². The van der Waals surface area contributed by atoms with Gasteiger partial charge in [-0.2, -0.15) is 0 Å². The number of nitrogen functional groups attached to an aromatic ring is 1. The molecule has 3 N–H and O–H groups in total. The van der Waals surface area contributed by atoms with Crippen LogP contribution < -0.4 is 11.1 Å². The summed E-state index contributed by atoms with van der Waals surface area (Å²) in [6.07, 6.45) is 0.317. The summed E-state index contributed by atoms with van der Waals surface area (Å²) in [6.45, 7) is 6.55. The van der Waals surface area contributed by atoms with Gasteiger partial charge in [0.05, 0.1) is 11.4 Å².